The zero-order valence-electron chi connectivity index (χ0n) is 11.3. The summed E-state index contributed by atoms with van der Waals surface area (Å²) < 4.78 is 0. The second-order valence-electron chi connectivity index (χ2n) is 5.27. The number of unbranched alkanes of at least 4 members (excludes halogenated alkanes) is 1. The van der Waals surface area contributed by atoms with Gasteiger partial charge in [-0.15, -0.1) is 0 Å². The van der Waals surface area contributed by atoms with Gasteiger partial charge >= 0.3 is 0 Å². The van der Waals surface area contributed by atoms with Gasteiger partial charge in [-0.2, -0.15) is 0 Å². The molecule has 92 valence electrons. The van der Waals surface area contributed by atoms with Crippen molar-refractivity contribution in [2.24, 2.45) is 11.8 Å². The van der Waals surface area contributed by atoms with Gasteiger partial charge < -0.3 is 10.2 Å². The summed E-state index contributed by atoms with van der Waals surface area (Å²) in [4.78, 5) is 2.45. The van der Waals surface area contributed by atoms with Crippen LogP contribution >= 0.6 is 0 Å². The predicted molar refractivity (Wildman–Crippen MR) is 69.3 cm³/mol. The van der Waals surface area contributed by atoms with Gasteiger partial charge in [-0.25, -0.2) is 0 Å². The summed E-state index contributed by atoms with van der Waals surface area (Å²) in [6.45, 7) is 13.8. The molecule has 0 aromatic heterocycles. The van der Waals surface area contributed by atoms with Crippen LogP contribution in [0.5, 0.6) is 0 Å². The van der Waals surface area contributed by atoms with Gasteiger partial charge in [0.2, 0.25) is 0 Å². The normalized spacial score (nSPS) is 13.8. The van der Waals surface area contributed by atoms with Gasteiger partial charge in [0.15, 0.2) is 0 Å². The van der Waals surface area contributed by atoms with Crippen LogP contribution in [0.15, 0.2) is 0 Å². The molecule has 2 nitrogen and oxygen atoms in total. The molecule has 0 aromatic rings. The van der Waals surface area contributed by atoms with Gasteiger partial charge in [-0.3, -0.25) is 0 Å². The molecule has 2 heteroatoms. The predicted octanol–water partition coefficient (Wildman–Crippen LogP) is 2.60. The van der Waals surface area contributed by atoms with Gasteiger partial charge in [0.1, 0.15) is 0 Å². The summed E-state index contributed by atoms with van der Waals surface area (Å²) >= 11 is 0. The van der Waals surface area contributed by atoms with Crippen molar-refractivity contribution in [2.45, 2.75) is 40.5 Å². The van der Waals surface area contributed by atoms with E-state index in [1.54, 1.807) is 0 Å². The number of nitrogens with zero attached hydrogens (tertiary/aromatic N) is 1. The third-order valence-electron chi connectivity index (χ3n) is 2.56. The van der Waals surface area contributed by atoms with E-state index < -0.39 is 0 Å². The van der Waals surface area contributed by atoms with Crippen molar-refractivity contribution in [3.63, 3.8) is 0 Å². The van der Waals surface area contributed by atoms with Gasteiger partial charge in [0, 0.05) is 6.54 Å². The van der Waals surface area contributed by atoms with E-state index in [0.717, 1.165) is 24.9 Å². The monoisotopic (exact) mass is 214 g/mol. The van der Waals surface area contributed by atoms with Crippen LogP contribution in [0.25, 0.3) is 0 Å². The summed E-state index contributed by atoms with van der Waals surface area (Å²) in [7, 11) is 2.23. The lowest BCUT2D eigenvalue weighted by atomic mass is 10.1. The largest absolute Gasteiger partial charge is 0.316 e. The molecule has 1 N–H and O–H groups in total. The first-order valence-electron chi connectivity index (χ1n) is 6.45. The zero-order valence-corrected chi connectivity index (χ0v) is 11.3. The highest BCUT2D eigenvalue weighted by atomic mass is 15.1. The average molecular weight is 214 g/mol. The maximum absolute atomic E-state index is 3.52. The van der Waals surface area contributed by atoms with Crippen LogP contribution in [0.3, 0.4) is 0 Å². The Bertz CT molecular complexity index is 134. The highest BCUT2D eigenvalue weighted by molar-refractivity contribution is 4.62. The highest BCUT2D eigenvalue weighted by Crippen LogP contribution is 1.99. The third kappa shape index (κ3) is 10.2. The molecule has 0 saturated carbocycles. The van der Waals surface area contributed by atoms with Gasteiger partial charge in [-0.1, -0.05) is 34.1 Å². The second kappa shape index (κ2) is 9.17. The van der Waals surface area contributed by atoms with E-state index in [4.69, 9.17) is 0 Å². The van der Waals surface area contributed by atoms with Gasteiger partial charge in [0.25, 0.3) is 0 Å². The van der Waals surface area contributed by atoms with Crippen LogP contribution in [0.4, 0.5) is 0 Å². The molecule has 0 rings (SSSR count). The molecule has 0 spiro atoms. The first-order chi connectivity index (χ1) is 7.06. The third-order valence-corrected chi connectivity index (χ3v) is 2.56. The molecule has 0 aliphatic heterocycles. The van der Waals surface area contributed by atoms with Crippen LogP contribution < -0.4 is 5.32 Å². The van der Waals surface area contributed by atoms with E-state index in [9.17, 15) is 0 Å². The molecular formula is C13H30N2. The van der Waals surface area contributed by atoms with E-state index in [2.05, 4.69) is 45.0 Å². The maximum atomic E-state index is 3.52. The molecule has 0 saturated heterocycles. The van der Waals surface area contributed by atoms with Crippen molar-refractivity contribution < 1.29 is 0 Å². The van der Waals surface area contributed by atoms with Gasteiger partial charge in [0.05, 0.1) is 0 Å². The first-order valence-corrected chi connectivity index (χ1v) is 6.45. The number of rotatable bonds is 9. The molecular weight excluding hydrogens is 184 g/mol. The van der Waals surface area contributed by atoms with E-state index in [0.29, 0.717) is 0 Å². The molecule has 15 heavy (non-hydrogen) atoms. The lowest BCUT2D eigenvalue weighted by Gasteiger charge is -2.21. The lowest BCUT2D eigenvalue weighted by molar-refractivity contribution is 0.276. The standard InChI is InChI=1S/C13H30N2/c1-6-7-8-15(5)11-13(4)10-14-9-12(2)3/h12-14H,6-11H2,1-5H3. The van der Waals surface area contributed by atoms with Crippen LogP contribution in [0.2, 0.25) is 0 Å². The SMILES string of the molecule is CCCCN(C)CC(C)CNCC(C)C. The van der Waals surface area contributed by atoms with E-state index in [-0.39, 0.29) is 0 Å². The fraction of sp³-hybridized carbons (Fsp3) is 1.00. The van der Waals surface area contributed by atoms with E-state index >= 15 is 0 Å². The van der Waals surface area contributed by atoms with Crippen molar-refractivity contribution in [1.29, 1.82) is 0 Å². The van der Waals surface area contributed by atoms with Crippen LogP contribution in [-0.4, -0.2) is 38.1 Å². The van der Waals surface area contributed by atoms with Crippen molar-refractivity contribution in [3.05, 3.63) is 0 Å². The molecule has 0 aliphatic carbocycles. The summed E-state index contributed by atoms with van der Waals surface area (Å²) in [5, 5.41) is 3.52. The molecule has 0 heterocycles. The minimum atomic E-state index is 0.755. The van der Waals surface area contributed by atoms with Crippen molar-refractivity contribution in [2.75, 3.05) is 33.2 Å². The molecule has 0 fully saturated rings. The second-order valence-corrected chi connectivity index (χ2v) is 5.27. The Balaban J connectivity index is 3.42. The quantitative estimate of drug-likeness (QED) is 0.635. The average Bonchev–Trinajstić information content (AvgIpc) is 2.14. The van der Waals surface area contributed by atoms with E-state index in [1.165, 1.54) is 25.9 Å². The molecule has 0 bridgehead atoms. The Morgan fingerprint density at radius 1 is 1.13 bits per heavy atom. The maximum Gasteiger partial charge on any atom is 0.00161 e. The molecule has 0 aliphatic rings. The summed E-state index contributed by atoms with van der Waals surface area (Å²) in [6, 6.07) is 0. The molecule has 1 unspecified atom stereocenters. The molecule has 1 atom stereocenters. The Morgan fingerprint density at radius 3 is 2.33 bits per heavy atom. The molecule has 0 radical (unpaired) electrons. The molecule has 0 aromatic carbocycles. The summed E-state index contributed by atoms with van der Waals surface area (Å²) in [5.74, 6) is 1.51. The number of hydrogen-bond acceptors (Lipinski definition) is 2. The highest BCUT2D eigenvalue weighted by Gasteiger charge is 2.05. The first kappa shape index (κ1) is 14.9. The van der Waals surface area contributed by atoms with Crippen LogP contribution in [-0.2, 0) is 0 Å². The Kier molecular flexibility index (Phi) is 9.12. The Labute approximate surface area is 96.4 Å². The van der Waals surface area contributed by atoms with E-state index in [1.807, 2.05) is 0 Å². The van der Waals surface area contributed by atoms with Crippen molar-refractivity contribution in [3.8, 4) is 0 Å². The number of nitrogens with one attached hydrogen (secondary N) is 1. The number of hydrogen-bond donors (Lipinski definition) is 1. The fourth-order valence-corrected chi connectivity index (χ4v) is 1.73. The zero-order chi connectivity index (χ0) is 11.7. The van der Waals surface area contributed by atoms with Crippen molar-refractivity contribution in [1.82, 2.24) is 10.2 Å². The van der Waals surface area contributed by atoms with Crippen molar-refractivity contribution >= 4 is 0 Å². The van der Waals surface area contributed by atoms with Crippen LogP contribution in [0, 0.1) is 11.8 Å². The summed E-state index contributed by atoms with van der Waals surface area (Å²) in [6.07, 6.45) is 2.62. The topological polar surface area (TPSA) is 15.3 Å². The summed E-state index contributed by atoms with van der Waals surface area (Å²) in [5.41, 5.74) is 0. The van der Waals surface area contributed by atoms with Crippen LogP contribution in [0.1, 0.15) is 40.5 Å². The lowest BCUT2D eigenvalue weighted by Crippen LogP contribution is -2.32. The smallest absolute Gasteiger partial charge is 0.00161 e. The molecule has 0 amide bonds. The minimum absolute atomic E-state index is 0.755. The Morgan fingerprint density at radius 2 is 1.80 bits per heavy atom. The van der Waals surface area contributed by atoms with Gasteiger partial charge in [-0.05, 0) is 44.9 Å². The Hall–Kier alpha value is -0.0800. The minimum Gasteiger partial charge on any atom is -0.316 e. The fourth-order valence-electron chi connectivity index (χ4n) is 1.73.